The van der Waals surface area contributed by atoms with Crippen LogP contribution in [0.3, 0.4) is 0 Å². The van der Waals surface area contributed by atoms with Gasteiger partial charge >= 0.3 is 0 Å². The number of nitrogens with zero attached hydrogens (tertiary/aromatic N) is 2. The highest BCUT2D eigenvalue weighted by molar-refractivity contribution is 5.80. The summed E-state index contributed by atoms with van der Waals surface area (Å²) in [7, 11) is 0. The Balaban J connectivity index is 1.44. The third-order valence-corrected chi connectivity index (χ3v) is 6.76. The van der Waals surface area contributed by atoms with Crippen molar-refractivity contribution in [3.8, 4) is 0 Å². The van der Waals surface area contributed by atoms with Gasteiger partial charge in [-0.1, -0.05) is 0 Å². The highest BCUT2D eigenvalue weighted by atomic mass is 16.2. The Hall–Kier alpha value is -1.06. The number of carbonyl (C=O) groups excluding carboxylic acids is 2. The first-order valence-corrected chi connectivity index (χ1v) is 9.16. The molecular formula is C18H28N2O2. The molecule has 4 saturated carbocycles. The van der Waals surface area contributed by atoms with Crippen molar-refractivity contribution in [2.75, 3.05) is 26.2 Å². The van der Waals surface area contributed by atoms with E-state index >= 15 is 0 Å². The average molecular weight is 304 g/mol. The van der Waals surface area contributed by atoms with Gasteiger partial charge < -0.3 is 9.80 Å². The zero-order valence-electron chi connectivity index (χ0n) is 13.7. The van der Waals surface area contributed by atoms with Gasteiger partial charge in [0.2, 0.25) is 11.8 Å². The normalized spacial score (nSPS) is 40.7. The first-order chi connectivity index (χ1) is 10.6. The smallest absolute Gasteiger partial charge is 0.226 e. The van der Waals surface area contributed by atoms with Crippen molar-refractivity contribution < 1.29 is 9.59 Å². The van der Waals surface area contributed by atoms with Crippen molar-refractivity contribution in [1.29, 1.82) is 0 Å². The summed E-state index contributed by atoms with van der Waals surface area (Å²) >= 11 is 0. The van der Waals surface area contributed by atoms with Gasteiger partial charge in [0.25, 0.3) is 0 Å². The van der Waals surface area contributed by atoms with E-state index in [2.05, 4.69) is 4.90 Å². The molecule has 5 rings (SSSR count). The Bertz CT molecular complexity index is 448. The van der Waals surface area contributed by atoms with E-state index in [1.165, 1.54) is 32.1 Å². The van der Waals surface area contributed by atoms with Crippen molar-refractivity contribution in [2.24, 2.45) is 29.6 Å². The fraction of sp³-hybridized carbons (Fsp3) is 0.889. The SMILES string of the molecule is CC(=O)N1CCCN(C(=O)C2C3CC4CC(C3)CC2C4)CC1. The Labute approximate surface area is 133 Å². The summed E-state index contributed by atoms with van der Waals surface area (Å²) < 4.78 is 0. The van der Waals surface area contributed by atoms with Gasteiger partial charge in [-0.05, 0) is 62.2 Å². The van der Waals surface area contributed by atoms with E-state index in [1.807, 2.05) is 4.90 Å². The predicted octanol–water partition coefficient (Wildman–Crippen LogP) is 2.14. The minimum Gasteiger partial charge on any atom is -0.341 e. The first kappa shape index (κ1) is 14.5. The van der Waals surface area contributed by atoms with Crippen LogP contribution in [-0.4, -0.2) is 47.8 Å². The van der Waals surface area contributed by atoms with E-state index in [-0.39, 0.29) is 5.91 Å². The molecule has 22 heavy (non-hydrogen) atoms. The molecule has 122 valence electrons. The molecule has 5 aliphatic rings. The molecule has 0 unspecified atom stereocenters. The van der Waals surface area contributed by atoms with E-state index in [0.717, 1.165) is 37.9 Å². The van der Waals surface area contributed by atoms with Crippen LogP contribution in [0.4, 0.5) is 0 Å². The Kier molecular flexibility index (Phi) is 3.66. The highest BCUT2D eigenvalue weighted by Crippen LogP contribution is 2.56. The third-order valence-electron chi connectivity index (χ3n) is 6.76. The summed E-state index contributed by atoms with van der Waals surface area (Å²) in [4.78, 5) is 28.7. The molecule has 1 heterocycles. The Morgan fingerprint density at radius 1 is 0.773 bits per heavy atom. The molecule has 0 atom stereocenters. The average Bonchev–Trinajstić information content (AvgIpc) is 2.71. The second-order valence-electron chi connectivity index (χ2n) is 8.14. The van der Waals surface area contributed by atoms with Crippen molar-refractivity contribution in [3.05, 3.63) is 0 Å². The Morgan fingerprint density at radius 3 is 1.91 bits per heavy atom. The molecule has 4 bridgehead atoms. The second kappa shape index (κ2) is 5.54. The van der Waals surface area contributed by atoms with E-state index in [1.54, 1.807) is 6.92 Å². The van der Waals surface area contributed by atoms with Crippen LogP contribution in [0.15, 0.2) is 0 Å². The fourth-order valence-corrected chi connectivity index (χ4v) is 5.99. The molecule has 1 aliphatic heterocycles. The van der Waals surface area contributed by atoms with Crippen LogP contribution in [0.1, 0.15) is 45.4 Å². The minimum atomic E-state index is 0.143. The fourth-order valence-electron chi connectivity index (χ4n) is 5.99. The predicted molar refractivity (Wildman–Crippen MR) is 84.0 cm³/mol. The van der Waals surface area contributed by atoms with Gasteiger partial charge in [-0.25, -0.2) is 0 Å². The largest absolute Gasteiger partial charge is 0.341 e. The zero-order valence-corrected chi connectivity index (χ0v) is 13.7. The summed E-state index contributed by atoms with van der Waals surface area (Å²) in [5, 5.41) is 0. The van der Waals surface area contributed by atoms with Crippen LogP contribution in [-0.2, 0) is 9.59 Å². The van der Waals surface area contributed by atoms with Gasteiger partial charge in [0.15, 0.2) is 0 Å². The van der Waals surface area contributed by atoms with Crippen molar-refractivity contribution >= 4 is 11.8 Å². The molecule has 0 aromatic carbocycles. The van der Waals surface area contributed by atoms with E-state index in [4.69, 9.17) is 0 Å². The van der Waals surface area contributed by atoms with Crippen LogP contribution >= 0.6 is 0 Å². The lowest BCUT2D eigenvalue weighted by atomic mass is 9.51. The van der Waals surface area contributed by atoms with Gasteiger partial charge in [0.1, 0.15) is 0 Å². The Morgan fingerprint density at radius 2 is 1.32 bits per heavy atom. The minimum absolute atomic E-state index is 0.143. The third kappa shape index (κ3) is 2.44. The number of rotatable bonds is 1. The molecule has 0 aromatic rings. The van der Waals surface area contributed by atoms with Gasteiger partial charge in [-0.15, -0.1) is 0 Å². The summed E-state index contributed by atoms with van der Waals surface area (Å²) in [6.45, 7) is 4.73. The number of hydrogen-bond donors (Lipinski definition) is 0. The van der Waals surface area contributed by atoms with Crippen LogP contribution in [0.25, 0.3) is 0 Å². The summed E-state index contributed by atoms with van der Waals surface area (Å²) in [5.74, 6) is 4.03. The molecule has 1 saturated heterocycles. The van der Waals surface area contributed by atoms with Crippen molar-refractivity contribution in [3.63, 3.8) is 0 Å². The molecule has 5 fully saturated rings. The van der Waals surface area contributed by atoms with Crippen LogP contribution in [0.2, 0.25) is 0 Å². The quantitative estimate of drug-likeness (QED) is 0.745. The molecular weight excluding hydrogens is 276 g/mol. The number of carbonyl (C=O) groups is 2. The van der Waals surface area contributed by atoms with Crippen LogP contribution < -0.4 is 0 Å². The lowest BCUT2D eigenvalue weighted by molar-refractivity contribution is -0.149. The second-order valence-corrected chi connectivity index (χ2v) is 8.14. The number of hydrogen-bond acceptors (Lipinski definition) is 2. The summed E-state index contributed by atoms with van der Waals surface area (Å²) in [5.41, 5.74) is 0. The van der Waals surface area contributed by atoms with Crippen molar-refractivity contribution in [2.45, 2.75) is 45.4 Å². The zero-order chi connectivity index (χ0) is 15.3. The van der Waals surface area contributed by atoms with Crippen molar-refractivity contribution in [1.82, 2.24) is 9.80 Å². The van der Waals surface area contributed by atoms with Crippen LogP contribution in [0, 0.1) is 29.6 Å². The molecule has 0 spiro atoms. The van der Waals surface area contributed by atoms with Gasteiger partial charge in [-0.2, -0.15) is 0 Å². The maximum atomic E-state index is 13.1. The summed E-state index contributed by atoms with van der Waals surface area (Å²) in [6, 6.07) is 0. The molecule has 4 heteroatoms. The topological polar surface area (TPSA) is 40.6 Å². The monoisotopic (exact) mass is 304 g/mol. The summed E-state index contributed by atoms with van der Waals surface area (Å²) in [6.07, 6.45) is 7.57. The standard InChI is InChI=1S/C18H28N2O2/c1-12(21)19-3-2-4-20(6-5-19)18(22)17-15-8-13-7-14(10-15)11-16(17)9-13/h13-17H,2-11H2,1H3. The maximum absolute atomic E-state index is 13.1. The van der Waals surface area contributed by atoms with Gasteiger partial charge in [-0.3, -0.25) is 9.59 Å². The van der Waals surface area contributed by atoms with Crippen LogP contribution in [0.5, 0.6) is 0 Å². The molecule has 4 nitrogen and oxygen atoms in total. The lowest BCUT2D eigenvalue weighted by Crippen LogP contribution is -2.52. The maximum Gasteiger partial charge on any atom is 0.226 e. The van der Waals surface area contributed by atoms with E-state index < -0.39 is 0 Å². The van der Waals surface area contributed by atoms with E-state index in [9.17, 15) is 9.59 Å². The van der Waals surface area contributed by atoms with Gasteiger partial charge in [0, 0.05) is 39.0 Å². The molecule has 2 amide bonds. The lowest BCUT2D eigenvalue weighted by Gasteiger charge is -2.54. The molecule has 0 aromatic heterocycles. The van der Waals surface area contributed by atoms with Gasteiger partial charge in [0.05, 0.1) is 0 Å². The molecule has 0 N–H and O–H groups in total. The molecule has 4 aliphatic carbocycles. The molecule has 0 radical (unpaired) electrons. The van der Waals surface area contributed by atoms with E-state index in [0.29, 0.717) is 30.2 Å². The highest BCUT2D eigenvalue weighted by Gasteiger charge is 2.51. The first-order valence-electron chi connectivity index (χ1n) is 9.16. The number of amides is 2.